The van der Waals surface area contributed by atoms with Crippen molar-refractivity contribution in [1.82, 2.24) is 10.6 Å². The van der Waals surface area contributed by atoms with E-state index < -0.39 is 11.9 Å². The van der Waals surface area contributed by atoms with Crippen molar-refractivity contribution in [2.45, 2.75) is 19.4 Å². The highest BCUT2D eigenvalue weighted by Gasteiger charge is 2.30. The molecule has 0 radical (unpaired) electrons. The van der Waals surface area contributed by atoms with Gasteiger partial charge in [0.1, 0.15) is 0 Å². The fourth-order valence-corrected chi connectivity index (χ4v) is 2.56. The Morgan fingerprint density at radius 1 is 1.48 bits per heavy atom. The van der Waals surface area contributed by atoms with E-state index in [2.05, 4.69) is 10.6 Å². The van der Waals surface area contributed by atoms with E-state index in [1.807, 2.05) is 13.0 Å². The summed E-state index contributed by atoms with van der Waals surface area (Å²) in [6.07, 6.45) is 0.0573. The number of carbonyl (C=O) groups is 2. The summed E-state index contributed by atoms with van der Waals surface area (Å²) in [6.45, 7) is 3.61. The van der Waals surface area contributed by atoms with Crippen LogP contribution in [0.4, 0.5) is 0 Å². The van der Waals surface area contributed by atoms with Gasteiger partial charge in [-0.3, -0.25) is 9.59 Å². The first-order chi connectivity index (χ1) is 9.97. The summed E-state index contributed by atoms with van der Waals surface area (Å²) in [5, 5.41) is 6.63. The summed E-state index contributed by atoms with van der Waals surface area (Å²) in [5.41, 5.74) is 6.07. The quantitative estimate of drug-likeness (QED) is 0.739. The molecule has 1 aromatic rings. The van der Waals surface area contributed by atoms with Crippen LogP contribution in [-0.2, 0) is 9.59 Å². The molecule has 0 spiro atoms. The highest BCUT2D eigenvalue weighted by Crippen LogP contribution is 2.22. The summed E-state index contributed by atoms with van der Waals surface area (Å²) >= 11 is 5.97. The summed E-state index contributed by atoms with van der Waals surface area (Å²) in [5.74, 6) is -0.273. The molecule has 5 nitrogen and oxygen atoms in total. The lowest BCUT2D eigenvalue weighted by Gasteiger charge is -2.32. The minimum absolute atomic E-state index is 0.0573. The van der Waals surface area contributed by atoms with Gasteiger partial charge in [-0.15, -0.1) is 0 Å². The fourth-order valence-electron chi connectivity index (χ4n) is 2.36. The van der Waals surface area contributed by atoms with E-state index in [1.165, 1.54) is 0 Å². The van der Waals surface area contributed by atoms with Crippen LogP contribution in [0.5, 0.6) is 0 Å². The molecule has 2 amide bonds. The Morgan fingerprint density at radius 3 is 2.71 bits per heavy atom. The molecule has 0 saturated carbocycles. The number of hydrogen-bond acceptors (Lipinski definition) is 3. The smallest absolute Gasteiger partial charge is 0.223 e. The molecule has 1 aliphatic heterocycles. The van der Waals surface area contributed by atoms with Gasteiger partial charge in [0.15, 0.2) is 0 Å². The molecular formula is C15H20ClN3O2. The van der Waals surface area contributed by atoms with Crippen molar-refractivity contribution in [2.24, 2.45) is 17.6 Å². The zero-order valence-electron chi connectivity index (χ0n) is 11.9. The van der Waals surface area contributed by atoms with Crippen LogP contribution < -0.4 is 16.4 Å². The van der Waals surface area contributed by atoms with Crippen LogP contribution in [0.1, 0.15) is 24.9 Å². The molecule has 1 aromatic carbocycles. The first kappa shape index (κ1) is 15.8. The molecule has 6 heteroatoms. The zero-order valence-corrected chi connectivity index (χ0v) is 12.7. The number of hydrogen-bond donors (Lipinski definition) is 3. The third-order valence-electron chi connectivity index (χ3n) is 3.91. The second-order valence-electron chi connectivity index (χ2n) is 5.49. The van der Waals surface area contributed by atoms with Gasteiger partial charge in [-0.05, 0) is 36.7 Å². The topological polar surface area (TPSA) is 84.2 Å². The highest BCUT2D eigenvalue weighted by atomic mass is 35.5. The lowest BCUT2D eigenvalue weighted by molar-refractivity contribution is -0.127. The van der Waals surface area contributed by atoms with Crippen LogP contribution in [0, 0.1) is 11.8 Å². The van der Waals surface area contributed by atoms with E-state index in [-0.39, 0.29) is 18.2 Å². The summed E-state index contributed by atoms with van der Waals surface area (Å²) in [4.78, 5) is 23.6. The standard InChI is InChI=1S/C15H20ClN3O2/c1-9(11-7-18-8-11)15(21)19-13(6-14(17)20)10-3-2-4-12(16)5-10/h2-5,9,11,13,18H,6-8H2,1H3,(H2,17,20)(H,19,21)/t9?,13-/m1/s1. The number of benzene rings is 1. The number of rotatable bonds is 6. The van der Waals surface area contributed by atoms with Crippen LogP contribution in [0.25, 0.3) is 0 Å². The second kappa shape index (κ2) is 6.91. The average Bonchev–Trinajstić information content (AvgIpc) is 2.35. The molecule has 21 heavy (non-hydrogen) atoms. The predicted molar refractivity (Wildman–Crippen MR) is 81.7 cm³/mol. The molecular weight excluding hydrogens is 290 g/mol. The van der Waals surface area contributed by atoms with E-state index >= 15 is 0 Å². The van der Waals surface area contributed by atoms with Gasteiger partial charge in [0.05, 0.1) is 12.5 Å². The number of carbonyl (C=O) groups excluding carboxylic acids is 2. The van der Waals surface area contributed by atoms with Crippen molar-refractivity contribution in [3.8, 4) is 0 Å². The first-order valence-electron chi connectivity index (χ1n) is 7.02. The van der Waals surface area contributed by atoms with Crippen molar-refractivity contribution >= 4 is 23.4 Å². The lowest BCUT2D eigenvalue weighted by Crippen LogP contribution is -2.50. The maximum absolute atomic E-state index is 12.3. The predicted octanol–water partition coefficient (Wildman–Crippen LogP) is 1.23. The third kappa shape index (κ3) is 4.19. The van der Waals surface area contributed by atoms with E-state index in [1.54, 1.807) is 18.2 Å². The number of nitrogens with one attached hydrogen (secondary N) is 2. The molecule has 0 bridgehead atoms. The van der Waals surface area contributed by atoms with E-state index in [0.29, 0.717) is 10.9 Å². The molecule has 1 saturated heterocycles. The lowest BCUT2D eigenvalue weighted by atomic mass is 9.88. The number of nitrogens with two attached hydrogens (primary N) is 1. The minimum atomic E-state index is -0.460. The molecule has 2 atom stereocenters. The molecule has 114 valence electrons. The SMILES string of the molecule is CC(C(=O)N[C@H](CC(N)=O)c1cccc(Cl)c1)C1CNC1. The monoisotopic (exact) mass is 309 g/mol. The summed E-state index contributed by atoms with van der Waals surface area (Å²) in [7, 11) is 0. The Hall–Kier alpha value is -1.59. The summed E-state index contributed by atoms with van der Waals surface area (Å²) in [6, 6.07) is 6.66. The third-order valence-corrected chi connectivity index (χ3v) is 4.14. The maximum Gasteiger partial charge on any atom is 0.223 e. The number of halogens is 1. The Kier molecular flexibility index (Phi) is 5.20. The normalized spacial score (nSPS) is 17.6. The van der Waals surface area contributed by atoms with Gasteiger partial charge in [-0.1, -0.05) is 30.7 Å². The summed E-state index contributed by atoms with van der Waals surface area (Å²) < 4.78 is 0. The van der Waals surface area contributed by atoms with Crippen LogP contribution in [-0.4, -0.2) is 24.9 Å². The van der Waals surface area contributed by atoms with Gasteiger partial charge in [-0.2, -0.15) is 0 Å². The van der Waals surface area contributed by atoms with Crippen molar-refractivity contribution in [3.05, 3.63) is 34.9 Å². The van der Waals surface area contributed by atoms with Gasteiger partial charge in [0.25, 0.3) is 0 Å². The Bertz CT molecular complexity index is 531. The van der Waals surface area contributed by atoms with Gasteiger partial charge < -0.3 is 16.4 Å². The molecule has 1 fully saturated rings. The van der Waals surface area contributed by atoms with Crippen LogP contribution in [0.2, 0.25) is 5.02 Å². The highest BCUT2D eigenvalue weighted by molar-refractivity contribution is 6.30. The van der Waals surface area contributed by atoms with Gasteiger partial charge in [0.2, 0.25) is 11.8 Å². The van der Waals surface area contributed by atoms with Crippen molar-refractivity contribution in [1.29, 1.82) is 0 Å². The van der Waals surface area contributed by atoms with Gasteiger partial charge >= 0.3 is 0 Å². The molecule has 1 unspecified atom stereocenters. The van der Waals surface area contributed by atoms with Gasteiger partial charge in [0, 0.05) is 10.9 Å². The van der Waals surface area contributed by atoms with E-state index in [9.17, 15) is 9.59 Å². The van der Waals surface area contributed by atoms with E-state index in [4.69, 9.17) is 17.3 Å². The molecule has 4 N–H and O–H groups in total. The average molecular weight is 310 g/mol. The van der Waals surface area contributed by atoms with Crippen LogP contribution in [0.3, 0.4) is 0 Å². The molecule has 0 aromatic heterocycles. The zero-order chi connectivity index (χ0) is 15.4. The Morgan fingerprint density at radius 2 is 2.19 bits per heavy atom. The Balaban J connectivity index is 2.08. The number of primary amides is 1. The number of amides is 2. The van der Waals surface area contributed by atoms with Crippen molar-refractivity contribution < 1.29 is 9.59 Å². The Labute approximate surface area is 129 Å². The first-order valence-corrected chi connectivity index (χ1v) is 7.40. The van der Waals surface area contributed by atoms with Crippen molar-refractivity contribution in [3.63, 3.8) is 0 Å². The molecule has 1 heterocycles. The van der Waals surface area contributed by atoms with Crippen LogP contribution >= 0.6 is 11.6 Å². The molecule has 1 aliphatic rings. The maximum atomic E-state index is 12.3. The van der Waals surface area contributed by atoms with Crippen LogP contribution in [0.15, 0.2) is 24.3 Å². The second-order valence-corrected chi connectivity index (χ2v) is 5.93. The van der Waals surface area contributed by atoms with Crippen molar-refractivity contribution in [2.75, 3.05) is 13.1 Å². The van der Waals surface area contributed by atoms with E-state index in [0.717, 1.165) is 18.7 Å². The minimum Gasteiger partial charge on any atom is -0.370 e. The molecule has 2 rings (SSSR count). The van der Waals surface area contributed by atoms with Gasteiger partial charge in [-0.25, -0.2) is 0 Å². The largest absolute Gasteiger partial charge is 0.370 e. The molecule has 0 aliphatic carbocycles. The fraction of sp³-hybridized carbons (Fsp3) is 0.467.